The molecule has 2 aliphatic carbocycles. The maximum Gasteiger partial charge on any atom is 0.306 e. The second-order valence-electron chi connectivity index (χ2n) is 8.39. The molecule has 1 saturated carbocycles. The molecule has 0 bridgehead atoms. The molecule has 0 radical (unpaired) electrons. The highest BCUT2D eigenvalue weighted by Gasteiger charge is 2.22. The molecular formula is C26H38O4. The largest absolute Gasteiger partial charge is 0.463 e. The maximum atomic E-state index is 12.1. The van der Waals surface area contributed by atoms with E-state index in [9.17, 15) is 14.7 Å². The Hall–Kier alpha value is -2.12. The van der Waals surface area contributed by atoms with E-state index < -0.39 is 0 Å². The van der Waals surface area contributed by atoms with Gasteiger partial charge in [0.15, 0.2) is 5.78 Å². The number of unbranched alkanes of at least 4 members (excludes halogenated alkanes) is 1. The zero-order valence-electron chi connectivity index (χ0n) is 18.6. The lowest BCUT2D eigenvalue weighted by molar-refractivity contribution is -0.147. The van der Waals surface area contributed by atoms with E-state index in [0.29, 0.717) is 12.8 Å². The van der Waals surface area contributed by atoms with Crippen molar-refractivity contribution in [2.24, 2.45) is 11.8 Å². The predicted molar refractivity (Wildman–Crippen MR) is 122 cm³/mol. The lowest BCUT2D eigenvalue weighted by atomic mass is 9.81. The predicted octanol–water partition coefficient (Wildman–Crippen LogP) is 5.32. The Morgan fingerprint density at radius 2 is 2.03 bits per heavy atom. The number of esters is 1. The zero-order chi connectivity index (χ0) is 22.4. The Bertz CT molecular complexity index is 635. The Labute approximate surface area is 182 Å². The molecule has 2 unspecified atom stereocenters. The monoisotopic (exact) mass is 414 g/mol. The lowest BCUT2D eigenvalue weighted by Crippen LogP contribution is -2.15. The summed E-state index contributed by atoms with van der Waals surface area (Å²) in [5, 5.41) is 10.2. The maximum absolute atomic E-state index is 12.1. The van der Waals surface area contributed by atoms with Gasteiger partial charge < -0.3 is 9.84 Å². The molecular weight excluding hydrogens is 376 g/mol. The normalized spacial score (nSPS) is 20.9. The molecule has 0 saturated heterocycles. The van der Waals surface area contributed by atoms with E-state index in [1.54, 1.807) is 6.08 Å². The van der Waals surface area contributed by atoms with Crippen LogP contribution >= 0.6 is 0 Å². The minimum atomic E-state index is -0.344. The molecule has 1 fully saturated rings. The fraction of sp³-hybridized carbons (Fsp3) is 0.615. The van der Waals surface area contributed by atoms with Crippen LogP contribution in [0.2, 0.25) is 0 Å². The van der Waals surface area contributed by atoms with Gasteiger partial charge in [-0.15, -0.1) is 12.8 Å². The van der Waals surface area contributed by atoms with Crippen molar-refractivity contribution in [3.8, 4) is 12.8 Å². The number of allylic oxidation sites excluding steroid dienone is 5. The van der Waals surface area contributed by atoms with Gasteiger partial charge in [-0.1, -0.05) is 43.6 Å². The van der Waals surface area contributed by atoms with E-state index in [-0.39, 0.29) is 29.9 Å². The Morgan fingerprint density at radius 1 is 1.30 bits per heavy atom. The van der Waals surface area contributed by atoms with Crippen molar-refractivity contribution in [2.45, 2.75) is 90.3 Å². The summed E-state index contributed by atoms with van der Waals surface area (Å²) in [5.74, 6) is 0.838. The Balaban J connectivity index is 0.00000218. The number of ketones is 1. The van der Waals surface area contributed by atoms with Crippen LogP contribution in [0.5, 0.6) is 0 Å². The van der Waals surface area contributed by atoms with Gasteiger partial charge in [-0.25, -0.2) is 0 Å². The number of hydrogen-bond acceptors (Lipinski definition) is 4. The fourth-order valence-electron chi connectivity index (χ4n) is 3.68. The summed E-state index contributed by atoms with van der Waals surface area (Å²) in [7, 11) is 0. The third-order valence-corrected chi connectivity index (χ3v) is 5.58. The first-order valence-electron chi connectivity index (χ1n) is 11.2. The Morgan fingerprint density at radius 3 is 2.67 bits per heavy atom. The minimum Gasteiger partial charge on any atom is -0.463 e. The van der Waals surface area contributed by atoms with E-state index in [2.05, 4.69) is 25.0 Å². The van der Waals surface area contributed by atoms with Crippen LogP contribution in [0, 0.1) is 24.7 Å². The molecule has 0 aromatic heterocycles. The molecule has 0 amide bonds. The number of aliphatic hydroxyl groups is 1. The summed E-state index contributed by atoms with van der Waals surface area (Å²) in [5.41, 5.74) is 0.813. The van der Waals surface area contributed by atoms with Gasteiger partial charge in [-0.05, 0) is 64.4 Å². The van der Waals surface area contributed by atoms with Crippen LogP contribution in [0.1, 0.15) is 78.1 Å². The van der Waals surface area contributed by atoms with E-state index >= 15 is 0 Å². The van der Waals surface area contributed by atoms with Crippen molar-refractivity contribution in [1.29, 1.82) is 0 Å². The second-order valence-corrected chi connectivity index (χ2v) is 8.39. The lowest BCUT2D eigenvalue weighted by Gasteiger charge is -2.26. The first kappa shape index (κ1) is 25.9. The van der Waals surface area contributed by atoms with Crippen molar-refractivity contribution in [1.82, 2.24) is 0 Å². The summed E-state index contributed by atoms with van der Waals surface area (Å²) >= 11 is 0. The molecule has 0 aliphatic heterocycles. The fourth-order valence-corrected chi connectivity index (χ4v) is 3.68. The van der Waals surface area contributed by atoms with Crippen LogP contribution in [0.15, 0.2) is 36.0 Å². The van der Waals surface area contributed by atoms with Crippen molar-refractivity contribution < 1.29 is 19.4 Å². The van der Waals surface area contributed by atoms with Crippen molar-refractivity contribution in [2.75, 3.05) is 0 Å². The molecule has 4 nitrogen and oxygen atoms in total. The van der Waals surface area contributed by atoms with Crippen molar-refractivity contribution in [3.63, 3.8) is 0 Å². The molecule has 0 heterocycles. The third-order valence-electron chi connectivity index (χ3n) is 5.58. The molecule has 0 spiro atoms. The molecule has 2 rings (SSSR count). The first-order valence-corrected chi connectivity index (χ1v) is 11.2. The molecule has 166 valence electrons. The summed E-state index contributed by atoms with van der Waals surface area (Å²) in [6.07, 6.45) is 26.6. The van der Waals surface area contributed by atoms with Gasteiger partial charge in [0.2, 0.25) is 0 Å². The van der Waals surface area contributed by atoms with Crippen LogP contribution < -0.4 is 0 Å². The molecule has 1 N–H and O–H groups in total. The van der Waals surface area contributed by atoms with Gasteiger partial charge in [0.25, 0.3) is 0 Å². The average molecular weight is 415 g/mol. The quantitative estimate of drug-likeness (QED) is 0.154. The molecule has 0 aromatic carbocycles. The topological polar surface area (TPSA) is 63.6 Å². The number of terminal acetylenes is 1. The number of carbonyl (C=O) groups is 2. The SMILES string of the molecule is C#C.CC(C)OC(=O)CCC/C=C\CC1C=CC(=O)/C1=C/CC(O)CCC1CCC1. The number of aliphatic hydroxyl groups excluding tert-OH is 1. The van der Waals surface area contributed by atoms with Crippen molar-refractivity contribution in [3.05, 3.63) is 36.0 Å². The van der Waals surface area contributed by atoms with Gasteiger partial charge >= 0.3 is 5.97 Å². The average Bonchev–Trinajstić information content (AvgIpc) is 3.02. The number of hydrogen-bond donors (Lipinski definition) is 1. The number of carbonyl (C=O) groups excluding carboxylic acids is 2. The molecule has 2 aliphatic rings. The Kier molecular flexibility index (Phi) is 12.8. The van der Waals surface area contributed by atoms with E-state index in [4.69, 9.17) is 4.74 Å². The van der Waals surface area contributed by atoms with E-state index in [0.717, 1.165) is 43.6 Å². The van der Waals surface area contributed by atoms with Crippen LogP contribution in [-0.4, -0.2) is 29.1 Å². The van der Waals surface area contributed by atoms with Crippen LogP contribution in [-0.2, 0) is 14.3 Å². The standard InChI is InChI=1S/C24H36O4.C2H2/c1-18(2)28-24(27)11-6-4-3-5-10-20-13-17-23(26)22(20)16-15-21(25)14-12-19-8-7-9-19;1-2/h3,5,13,16-21,25H,4,6-12,14-15H2,1-2H3;1-2H/b5-3-,22-16+;. The van der Waals surface area contributed by atoms with Gasteiger partial charge in [0.05, 0.1) is 12.2 Å². The second kappa shape index (κ2) is 14.8. The van der Waals surface area contributed by atoms with Gasteiger partial charge in [0.1, 0.15) is 0 Å². The minimum absolute atomic E-state index is 0.0586. The number of ether oxygens (including phenoxy) is 1. The van der Waals surface area contributed by atoms with Gasteiger partial charge in [-0.2, -0.15) is 0 Å². The van der Waals surface area contributed by atoms with E-state index in [1.807, 2.05) is 26.0 Å². The first-order chi connectivity index (χ1) is 14.5. The van der Waals surface area contributed by atoms with Crippen molar-refractivity contribution >= 4 is 11.8 Å². The third kappa shape index (κ3) is 10.1. The summed E-state index contributed by atoms with van der Waals surface area (Å²) in [4.78, 5) is 23.6. The smallest absolute Gasteiger partial charge is 0.306 e. The zero-order valence-corrected chi connectivity index (χ0v) is 18.6. The van der Waals surface area contributed by atoms with Crippen LogP contribution in [0.4, 0.5) is 0 Å². The highest BCUT2D eigenvalue weighted by atomic mass is 16.5. The van der Waals surface area contributed by atoms with Crippen LogP contribution in [0.25, 0.3) is 0 Å². The summed E-state index contributed by atoms with van der Waals surface area (Å²) in [6.45, 7) is 3.71. The van der Waals surface area contributed by atoms with Gasteiger partial charge in [-0.3, -0.25) is 9.59 Å². The van der Waals surface area contributed by atoms with Gasteiger partial charge in [0, 0.05) is 17.9 Å². The molecule has 0 aromatic rings. The van der Waals surface area contributed by atoms with Crippen LogP contribution in [0.3, 0.4) is 0 Å². The molecule has 4 heteroatoms. The highest BCUT2D eigenvalue weighted by molar-refractivity contribution is 6.07. The van der Waals surface area contributed by atoms with E-state index in [1.165, 1.54) is 19.3 Å². The summed E-state index contributed by atoms with van der Waals surface area (Å²) < 4.78 is 5.11. The molecule has 2 atom stereocenters. The molecule has 30 heavy (non-hydrogen) atoms. The highest BCUT2D eigenvalue weighted by Crippen LogP contribution is 2.31. The summed E-state index contributed by atoms with van der Waals surface area (Å²) in [6, 6.07) is 0. The number of rotatable bonds is 12.